The summed E-state index contributed by atoms with van der Waals surface area (Å²) in [6.07, 6.45) is 27.9. The average Bonchev–Trinajstić information content (AvgIpc) is 1.76. The van der Waals surface area contributed by atoms with Crippen molar-refractivity contribution in [2.45, 2.75) is 414 Å². The molecule has 29 heteroatoms. The van der Waals surface area contributed by atoms with Crippen LogP contribution < -0.4 is 0 Å². The molecule has 129 heavy (non-hydrogen) atoms. The molecule has 23 rings (SSSR count). The van der Waals surface area contributed by atoms with E-state index < -0.39 is 0 Å². The van der Waals surface area contributed by atoms with Crippen LogP contribution in [0.4, 0.5) is 0 Å². The van der Waals surface area contributed by atoms with Gasteiger partial charge in [-0.05, 0) is 243 Å². The van der Waals surface area contributed by atoms with Crippen LogP contribution in [0.3, 0.4) is 0 Å². The molecule has 7 aromatic heterocycles. The number of fused-ring (bicyclic) bond motifs is 14. The average molecular weight is 1800 g/mol. The second-order valence-corrected chi connectivity index (χ2v) is 49.0. The number of piperidine rings is 7. The number of likely N-dealkylation sites (tertiary alicyclic amines) is 10. The van der Waals surface area contributed by atoms with E-state index >= 15 is 0 Å². The van der Waals surface area contributed by atoms with Crippen molar-refractivity contribution < 1.29 is 0 Å². The molecule has 718 valence electrons. The summed E-state index contributed by atoms with van der Waals surface area (Å²) in [6, 6.07) is 10.8. The van der Waals surface area contributed by atoms with E-state index in [1.54, 1.807) is 0 Å². The molecule has 16 aliphatic rings. The summed E-state index contributed by atoms with van der Waals surface area (Å²) in [5, 5.41) is 19.5. The Morgan fingerprint density at radius 2 is 0.752 bits per heavy atom. The number of imidazole rings is 3. The third-order valence-electron chi connectivity index (χ3n) is 31.8. The molecule has 7 aromatic rings. The van der Waals surface area contributed by atoms with Gasteiger partial charge in [-0.2, -0.15) is 15.3 Å². The Labute approximate surface area is 781 Å². The van der Waals surface area contributed by atoms with Crippen LogP contribution >= 0.6 is 11.5 Å². The number of piperazine rings is 7. The van der Waals surface area contributed by atoms with Crippen molar-refractivity contribution in [1.29, 1.82) is 0 Å². The van der Waals surface area contributed by atoms with Crippen LogP contribution in [0, 0.1) is 20.8 Å². The van der Waals surface area contributed by atoms with Crippen molar-refractivity contribution in [3.63, 3.8) is 0 Å². The highest BCUT2D eigenvalue weighted by molar-refractivity contribution is 7.03. The lowest BCUT2D eigenvalue weighted by Crippen LogP contribution is -2.70. The molecule has 0 saturated carbocycles. The summed E-state index contributed by atoms with van der Waals surface area (Å²) < 4.78 is 12.2. The molecule has 23 heterocycles. The first-order valence-corrected chi connectivity index (χ1v) is 50.7. The molecule has 0 aromatic carbocycles. The van der Waals surface area contributed by atoms with Gasteiger partial charge >= 0.3 is 0 Å². The quantitative estimate of drug-likeness (QED) is 0.0924. The van der Waals surface area contributed by atoms with Gasteiger partial charge in [0.2, 0.25) is 0 Å². The Morgan fingerprint density at radius 1 is 0.395 bits per heavy atom. The zero-order valence-electron chi connectivity index (χ0n) is 85.5. The van der Waals surface area contributed by atoms with Gasteiger partial charge in [0.15, 0.2) is 0 Å². The SMILES string of the molecule is CC(C)(C)N1CC2CC(C1)N2Cc1csnn1.CC(C)(C)N1CC2CC(C1)N2Cc1ncc[nH]1.CC(C)n1cc(CN2C3CC2CN(C(C)(C)C)C3)cn1.CCn1cc(CN2C3CC2CN(C(C)(C)C)C3)cn1.Cc1cnc(CN2C3CC2CN(C(C)(C)C)C3)[nH]1.Cc1cnc(CN2C3CC2CN(C(C)(C)C)C3)n1C.Cc1nn(C)cc1CN1C2CC1CN(C(C)(C)C)C2. The molecule has 28 nitrogen and oxygen atoms in total. The summed E-state index contributed by atoms with van der Waals surface area (Å²) in [4.78, 5) is 56.7. The number of hydrogen-bond donors (Lipinski definition) is 2. The van der Waals surface area contributed by atoms with Gasteiger partial charge in [-0.1, -0.05) is 4.49 Å². The summed E-state index contributed by atoms with van der Waals surface area (Å²) in [5.74, 6) is 3.42. The minimum atomic E-state index is 0.308. The molecular weight excluding hydrogens is 1630 g/mol. The van der Waals surface area contributed by atoms with E-state index in [2.05, 4.69) is 346 Å². The smallest absolute Gasteiger partial charge is 0.122 e. The van der Waals surface area contributed by atoms with Crippen LogP contribution in [0.2, 0.25) is 0 Å². The third kappa shape index (κ3) is 23.2. The Balaban J connectivity index is 0.000000116. The summed E-state index contributed by atoms with van der Waals surface area (Å²) in [5.41, 5.74) is 11.0. The molecule has 0 spiro atoms. The normalized spacial score (nSPS) is 29.0. The highest BCUT2D eigenvalue weighted by Gasteiger charge is 2.54. The van der Waals surface area contributed by atoms with E-state index in [4.69, 9.17) is 0 Å². The Morgan fingerprint density at radius 3 is 1.05 bits per heavy atom. The van der Waals surface area contributed by atoms with Crippen LogP contribution in [-0.4, -0.2) is 352 Å². The number of hydrogen-bond acceptors (Lipinski definition) is 23. The Hall–Kier alpha value is -5.74. The molecule has 0 amide bonds. The number of aryl methyl sites for hydroxylation is 5. The number of nitrogens with one attached hydrogen (secondary N) is 2. The van der Waals surface area contributed by atoms with Gasteiger partial charge in [0.25, 0.3) is 0 Å². The van der Waals surface area contributed by atoms with E-state index in [0.717, 1.165) is 160 Å². The molecule has 2 N–H and O–H groups in total. The van der Waals surface area contributed by atoms with Gasteiger partial charge in [0.1, 0.15) is 17.5 Å². The van der Waals surface area contributed by atoms with E-state index in [0.29, 0.717) is 44.8 Å². The second kappa shape index (κ2) is 38.8. The topological polar surface area (TPSA) is 200 Å². The lowest BCUT2D eigenvalue weighted by molar-refractivity contribution is -0.101. The highest BCUT2D eigenvalue weighted by Crippen LogP contribution is 2.44. The number of H-pyrrole nitrogens is 2. The molecule has 14 atom stereocenters. The largest absolute Gasteiger partial charge is 0.348 e. The Bertz CT molecular complexity index is 4490. The van der Waals surface area contributed by atoms with E-state index in [1.807, 2.05) is 53.6 Å². The van der Waals surface area contributed by atoms with Crippen molar-refractivity contribution in [1.82, 2.24) is 137 Å². The first kappa shape index (κ1) is 97.8. The summed E-state index contributed by atoms with van der Waals surface area (Å²) in [6.45, 7) is 86.7. The van der Waals surface area contributed by atoms with Crippen LogP contribution in [-0.2, 0) is 66.5 Å². The molecular formula is C100H172N28S. The fourth-order valence-electron chi connectivity index (χ4n) is 22.8. The molecule has 14 unspecified atom stereocenters. The predicted octanol–water partition coefficient (Wildman–Crippen LogP) is 12.9. The van der Waals surface area contributed by atoms with Crippen LogP contribution in [0.1, 0.15) is 274 Å². The highest BCUT2D eigenvalue weighted by atomic mass is 32.1. The fourth-order valence-corrected chi connectivity index (χ4v) is 23.3. The van der Waals surface area contributed by atoms with Gasteiger partial charge < -0.3 is 14.5 Å². The minimum Gasteiger partial charge on any atom is -0.348 e. The van der Waals surface area contributed by atoms with Crippen molar-refractivity contribution >= 4 is 11.5 Å². The van der Waals surface area contributed by atoms with Gasteiger partial charge in [0, 0.05) is 345 Å². The Kier molecular flexibility index (Phi) is 29.4. The molecule has 0 radical (unpaired) electrons. The zero-order valence-corrected chi connectivity index (χ0v) is 86.3. The zero-order chi connectivity index (χ0) is 92.7. The number of aromatic nitrogens is 14. The van der Waals surface area contributed by atoms with Crippen molar-refractivity contribution in [2.75, 3.05) is 91.6 Å². The first-order chi connectivity index (χ1) is 60.5. The molecule has 16 saturated heterocycles. The van der Waals surface area contributed by atoms with Crippen molar-refractivity contribution in [3.8, 4) is 0 Å². The lowest BCUT2D eigenvalue weighted by Gasteiger charge is -2.59. The van der Waals surface area contributed by atoms with Gasteiger partial charge in [-0.15, -0.1) is 5.10 Å². The van der Waals surface area contributed by atoms with Crippen molar-refractivity contribution in [2.24, 2.45) is 14.1 Å². The maximum Gasteiger partial charge on any atom is 0.122 e. The third-order valence-corrected chi connectivity index (χ3v) is 32.4. The van der Waals surface area contributed by atoms with Crippen molar-refractivity contribution in [3.05, 3.63) is 118 Å². The first-order valence-electron chi connectivity index (χ1n) is 49.8. The monoisotopic (exact) mass is 1800 g/mol. The van der Waals surface area contributed by atoms with E-state index in [1.165, 1.54) is 182 Å². The van der Waals surface area contributed by atoms with Gasteiger partial charge in [-0.25, -0.2) is 15.0 Å². The van der Waals surface area contributed by atoms with Crippen LogP contribution in [0.5, 0.6) is 0 Å². The maximum absolute atomic E-state index is 4.54. The predicted molar refractivity (Wildman–Crippen MR) is 522 cm³/mol. The van der Waals surface area contributed by atoms with Gasteiger partial charge in [-0.3, -0.25) is 82.6 Å². The molecule has 0 aliphatic carbocycles. The number of nitrogens with zero attached hydrogens (tertiary/aromatic N) is 26. The molecule has 14 bridgehead atoms. The van der Waals surface area contributed by atoms with E-state index in [-0.39, 0.29) is 0 Å². The van der Waals surface area contributed by atoms with Gasteiger partial charge in [0.05, 0.1) is 43.4 Å². The summed E-state index contributed by atoms with van der Waals surface area (Å²) in [7, 11) is 4.13. The standard InChI is InChI=1S/C16H28N4.3C15H26N4.C14H24N4.C13H22N4.C12H20N4S/c1-12(2)20-9-13(7-17-20)8-19-14-6-15(19)11-18(10-14)16(3,4)5;1-11-12(7-17(5)16-11)8-19-13-6-14(19)10-18(9-13)15(2,3)4;1-11-7-16-14(17(11)5)10-19-12-6-13(19)9-18(8-12)15(2,3)4;1-5-18-8-12(7-16-18)9-19-13-6-14(19)11-17(10-13)15(2,3)4;1-10-6-15-13(16-10)9-18-11-5-12(18)8-17(7-11)14(2,3)4;1-13(2,3)16-7-10-6-11(8-16)17(10)9-12-14-4-5-15-12;1-12(2,3)15-6-10-4-11(7-15)16(10)5-9-8-17-14-13-9/h7,9,12,14-15H,6,8,10-11H2,1-5H3;7,13-14H,6,8-10H2,1-5H3;7,12-13H,6,8-10H2,1-5H3;7-8,13-14H,5-6,9-11H2,1-4H3;6,11-12H,5,7-9H2,1-4H3,(H,15,16);4-5,10-11H,6-9H2,1-3H3,(H,14,15);8,10-11H,4-7H2,1-3H3. The molecule has 16 aliphatic heterocycles. The fraction of sp³-hybridized carbons (Fsp3) is 0.800. The lowest BCUT2D eigenvalue weighted by atomic mass is 9.84. The molecule has 16 fully saturated rings. The number of rotatable bonds is 16. The maximum atomic E-state index is 4.54. The van der Waals surface area contributed by atoms with Crippen LogP contribution in [0.15, 0.2) is 61.2 Å². The number of aromatic amines is 2. The van der Waals surface area contributed by atoms with E-state index in [9.17, 15) is 0 Å². The second-order valence-electron chi connectivity index (χ2n) is 48.4. The minimum absolute atomic E-state index is 0.308. The summed E-state index contributed by atoms with van der Waals surface area (Å²) >= 11 is 1.45. The van der Waals surface area contributed by atoms with Crippen LogP contribution in [0.25, 0.3) is 0 Å².